The second-order valence-electron chi connectivity index (χ2n) is 8.00. The van der Waals surface area contributed by atoms with E-state index in [0.717, 1.165) is 65.8 Å². The Bertz CT molecular complexity index is 1120. The van der Waals surface area contributed by atoms with Crippen LogP contribution < -0.4 is 4.57 Å². The van der Waals surface area contributed by atoms with Gasteiger partial charge in [0.2, 0.25) is 5.69 Å². The van der Waals surface area contributed by atoms with Crippen LogP contribution in [0.4, 0.5) is 0 Å². The van der Waals surface area contributed by atoms with Gasteiger partial charge in [-0.15, -0.1) is 0 Å². The van der Waals surface area contributed by atoms with Crippen LogP contribution in [0.1, 0.15) is 51.8 Å². The minimum atomic E-state index is -1.30. The average Bonchev–Trinajstić information content (AvgIpc) is 3.30. The summed E-state index contributed by atoms with van der Waals surface area (Å²) in [5.74, 6) is 1.18. The lowest BCUT2D eigenvalue weighted by Gasteiger charge is -2.21. The van der Waals surface area contributed by atoms with Crippen LogP contribution >= 0.6 is 0 Å². The van der Waals surface area contributed by atoms with Crippen molar-refractivity contribution in [3.63, 3.8) is 0 Å². The molecule has 0 radical (unpaired) electrons. The molecule has 2 aromatic heterocycles. The van der Waals surface area contributed by atoms with Crippen LogP contribution in [-0.2, 0) is 19.8 Å². The van der Waals surface area contributed by atoms with E-state index in [1.54, 1.807) is 0 Å². The molecule has 1 aliphatic heterocycles. The first-order valence-electron chi connectivity index (χ1n) is 11.1. The molecular weight excluding hydrogens is 330 g/mol. The van der Waals surface area contributed by atoms with E-state index >= 15 is 0 Å². The molecule has 3 nitrogen and oxygen atoms in total. The Labute approximate surface area is 164 Å². The summed E-state index contributed by atoms with van der Waals surface area (Å²) in [6.07, 6.45) is 11.3. The van der Waals surface area contributed by atoms with Crippen molar-refractivity contribution in [3.8, 4) is 11.3 Å². The molecule has 2 aliphatic rings. The number of aromatic nitrogens is 3. The quantitative estimate of drug-likeness (QED) is 0.603. The van der Waals surface area contributed by atoms with Gasteiger partial charge >= 0.3 is 0 Å². The van der Waals surface area contributed by atoms with E-state index in [4.69, 9.17) is 7.73 Å². The topological polar surface area (TPSA) is 21.7 Å². The second-order valence-corrected chi connectivity index (χ2v) is 8.00. The number of nitrogens with zero attached hydrogens (tertiary/aromatic N) is 3. The van der Waals surface area contributed by atoms with Gasteiger partial charge in [0, 0.05) is 27.5 Å². The Morgan fingerprint density at radius 1 is 1.22 bits per heavy atom. The predicted molar refractivity (Wildman–Crippen MR) is 110 cm³/mol. The molecular formula is C24H28N3+. The van der Waals surface area contributed by atoms with E-state index in [2.05, 4.69) is 46.5 Å². The van der Waals surface area contributed by atoms with Crippen LogP contribution in [0.15, 0.2) is 36.5 Å². The molecule has 0 saturated heterocycles. The van der Waals surface area contributed by atoms with Gasteiger partial charge in [-0.3, -0.25) is 0 Å². The third kappa shape index (κ3) is 2.90. The van der Waals surface area contributed by atoms with Crippen molar-refractivity contribution >= 4 is 17.2 Å². The van der Waals surface area contributed by atoms with Gasteiger partial charge in [-0.05, 0) is 36.4 Å². The fourth-order valence-electron chi connectivity index (χ4n) is 4.60. The third-order valence-corrected chi connectivity index (χ3v) is 6.08. The molecule has 3 heteroatoms. The molecule has 5 rings (SSSR count). The Balaban J connectivity index is 1.67. The second kappa shape index (κ2) is 6.63. The molecule has 0 amide bonds. The monoisotopic (exact) mass is 360 g/mol. The number of hydrogen-bond acceptors (Lipinski definition) is 1. The number of imidazole rings is 1. The molecule has 0 spiro atoms. The van der Waals surface area contributed by atoms with Gasteiger partial charge < -0.3 is 4.57 Å². The highest BCUT2D eigenvalue weighted by Gasteiger charge is 2.23. The minimum Gasteiger partial charge on any atom is -0.303 e. The maximum atomic E-state index is 8.91. The lowest BCUT2D eigenvalue weighted by Crippen LogP contribution is -2.31. The normalized spacial score (nSPS) is 18.6. The number of rotatable bonds is 3. The Morgan fingerprint density at radius 3 is 2.93 bits per heavy atom. The van der Waals surface area contributed by atoms with Crippen LogP contribution in [0.3, 0.4) is 0 Å². The fourth-order valence-corrected chi connectivity index (χ4v) is 4.60. The number of pyridine rings is 1. The highest BCUT2D eigenvalue weighted by molar-refractivity contribution is 5.94. The van der Waals surface area contributed by atoms with E-state index in [-0.39, 0.29) is 5.92 Å². The van der Waals surface area contributed by atoms with E-state index < -0.39 is 6.37 Å². The van der Waals surface area contributed by atoms with Gasteiger partial charge in [0.15, 0.2) is 6.20 Å². The molecule has 0 atom stereocenters. The van der Waals surface area contributed by atoms with Crippen molar-refractivity contribution in [1.82, 2.24) is 9.55 Å². The van der Waals surface area contributed by atoms with Crippen molar-refractivity contribution in [1.29, 1.82) is 0 Å². The molecule has 0 N–H and O–H groups in total. The molecule has 1 aliphatic carbocycles. The zero-order valence-electron chi connectivity index (χ0n) is 18.2. The van der Waals surface area contributed by atoms with Crippen LogP contribution in [0.25, 0.3) is 28.5 Å². The summed E-state index contributed by atoms with van der Waals surface area (Å²) >= 11 is 0. The lowest BCUT2D eigenvalue weighted by atomic mass is 9.85. The van der Waals surface area contributed by atoms with Crippen LogP contribution in [0.5, 0.6) is 0 Å². The molecule has 1 aromatic carbocycles. The number of fused-ring (bicyclic) bond motifs is 3. The summed E-state index contributed by atoms with van der Waals surface area (Å²) in [7, 11) is 2.04. The predicted octanol–water partition coefficient (Wildman–Crippen LogP) is 4.99. The van der Waals surface area contributed by atoms with Gasteiger partial charge in [-0.25, -0.2) is 9.55 Å². The molecule has 0 unspecified atom stereocenters. The summed E-state index contributed by atoms with van der Waals surface area (Å²) in [4.78, 5) is 4.95. The van der Waals surface area contributed by atoms with E-state index in [0.29, 0.717) is 0 Å². The van der Waals surface area contributed by atoms with Gasteiger partial charge in [0.25, 0.3) is 0 Å². The molecule has 1 saturated carbocycles. The number of benzene rings is 1. The van der Waals surface area contributed by atoms with Crippen molar-refractivity contribution < 1.29 is 7.31 Å². The molecule has 0 bridgehead atoms. The Morgan fingerprint density at radius 2 is 2.07 bits per heavy atom. The van der Waals surface area contributed by atoms with Crippen LogP contribution in [-0.4, -0.2) is 9.55 Å². The highest BCUT2D eigenvalue weighted by atomic mass is 15.1. The lowest BCUT2D eigenvalue weighted by molar-refractivity contribution is -0.660. The summed E-state index contributed by atoms with van der Waals surface area (Å²) in [5, 5.41) is 0. The summed E-state index contributed by atoms with van der Waals surface area (Å²) in [5.41, 5.74) is 6.24. The zero-order chi connectivity index (χ0) is 20.2. The number of hydrogen-bond donors (Lipinski definition) is 0. The number of allylic oxidation sites excluding steroid dienone is 1. The summed E-state index contributed by atoms with van der Waals surface area (Å²) in [6.45, 7) is 2.12. The van der Waals surface area contributed by atoms with Crippen molar-refractivity contribution in [3.05, 3.63) is 53.5 Å². The third-order valence-electron chi connectivity index (χ3n) is 6.08. The zero-order valence-corrected chi connectivity index (χ0v) is 16.2. The molecule has 138 valence electrons. The average molecular weight is 361 g/mol. The van der Waals surface area contributed by atoms with Gasteiger partial charge in [0.1, 0.15) is 18.4 Å². The first kappa shape index (κ1) is 14.6. The molecule has 1 fully saturated rings. The van der Waals surface area contributed by atoms with Crippen molar-refractivity contribution in [2.75, 3.05) is 0 Å². The van der Waals surface area contributed by atoms with E-state index in [1.807, 2.05) is 19.3 Å². The van der Waals surface area contributed by atoms with Gasteiger partial charge in [-0.2, -0.15) is 0 Å². The molecule has 27 heavy (non-hydrogen) atoms. The van der Waals surface area contributed by atoms with E-state index in [1.165, 1.54) is 12.0 Å². The highest BCUT2D eigenvalue weighted by Crippen LogP contribution is 2.33. The van der Waals surface area contributed by atoms with Gasteiger partial charge in [-0.1, -0.05) is 44.2 Å². The Hall–Kier alpha value is -2.42. The van der Waals surface area contributed by atoms with E-state index in [9.17, 15) is 0 Å². The molecule has 3 aromatic rings. The van der Waals surface area contributed by atoms with Crippen molar-refractivity contribution in [2.45, 2.75) is 51.8 Å². The smallest absolute Gasteiger partial charge is 0.215 e. The summed E-state index contributed by atoms with van der Waals surface area (Å²) < 4.78 is 22.1. The fraction of sp³-hybridized carbons (Fsp3) is 0.417. The largest absolute Gasteiger partial charge is 0.303 e. The maximum Gasteiger partial charge on any atom is 0.215 e. The van der Waals surface area contributed by atoms with Gasteiger partial charge in [0.05, 0.1) is 11.1 Å². The maximum absolute atomic E-state index is 8.91. The minimum absolute atomic E-state index is 0.107. The first-order valence-corrected chi connectivity index (χ1v) is 10.1. The van der Waals surface area contributed by atoms with Crippen LogP contribution in [0.2, 0.25) is 0 Å². The SMILES string of the molecule is [2H]C([2H])(c1cc[n+](C)c(-c2c(C)ccc3c2nc2n3C=CC2)c1)C1CCCCC1. The number of aryl methyl sites for hydroxylation is 2. The van der Waals surface area contributed by atoms with Crippen LogP contribution in [0, 0.1) is 12.8 Å². The summed E-state index contributed by atoms with van der Waals surface area (Å²) in [6, 6.07) is 8.33. The Kier molecular flexibility index (Phi) is 3.59. The molecule has 3 heterocycles. The standard InChI is InChI=1S/C24H28N3/c1-17-10-11-20-24(25-22-9-6-13-27(20)22)23(17)21-16-19(12-14-26(21)2)15-18-7-4-3-5-8-18/h6,10-14,16,18H,3-5,7-9,15H2,1-2H3/q+1/i15D2. The first-order chi connectivity index (χ1) is 14.0. The van der Waals surface area contributed by atoms with Crippen molar-refractivity contribution in [2.24, 2.45) is 13.0 Å².